The Morgan fingerprint density at radius 1 is 1.69 bits per heavy atom. The van der Waals surface area contributed by atoms with E-state index in [0.29, 0.717) is 17.4 Å². The number of nitrogens with two attached hydrogens (primary N) is 1. The normalized spacial score (nSPS) is 10.3. The van der Waals surface area contributed by atoms with Gasteiger partial charge >= 0.3 is 5.97 Å². The summed E-state index contributed by atoms with van der Waals surface area (Å²) in [7, 11) is 0. The number of carbonyl (C=O) groups is 1. The summed E-state index contributed by atoms with van der Waals surface area (Å²) >= 11 is 1.36. The van der Waals surface area contributed by atoms with E-state index in [2.05, 4.69) is 9.97 Å². The van der Waals surface area contributed by atoms with Gasteiger partial charge in [0, 0.05) is 17.1 Å². The number of nitrogens with zero attached hydrogens (tertiary/aromatic N) is 1. The van der Waals surface area contributed by atoms with Crippen LogP contribution in [0.1, 0.15) is 17.4 Å². The van der Waals surface area contributed by atoms with E-state index in [9.17, 15) is 4.79 Å². The van der Waals surface area contributed by atoms with Gasteiger partial charge in [-0.05, 0) is 13.0 Å². The third kappa shape index (κ3) is 2.06. The minimum absolute atomic E-state index is 0.358. The lowest BCUT2D eigenvalue weighted by atomic mass is 10.2. The van der Waals surface area contributed by atoms with Crippen molar-refractivity contribution < 1.29 is 9.53 Å². The Kier molecular flexibility index (Phi) is 2.91. The Balaban J connectivity index is 2.22. The molecule has 0 saturated carbocycles. The molecule has 0 atom stereocenters. The zero-order valence-electron chi connectivity index (χ0n) is 8.69. The summed E-state index contributed by atoms with van der Waals surface area (Å²) in [4.78, 5) is 18.4. The zero-order valence-corrected chi connectivity index (χ0v) is 9.50. The maximum absolute atomic E-state index is 11.4. The largest absolute Gasteiger partial charge is 0.461 e. The number of anilines is 1. The van der Waals surface area contributed by atoms with Crippen LogP contribution in [0.3, 0.4) is 0 Å². The number of nitrogens with one attached hydrogen (secondary N) is 1. The predicted octanol–water partition coefficient (Wildman–Crippen LogP) is 1.90. The van der Waals surface area contributed by atoms with Gasteiger partial charge in [-0.25, -0.2) is 9.78 Å². The molecular weight excluding hydrogens is 226 g/mol. The molecule has 0 fully saturated rings. The summed E-state index contributed by atoms with van der Waals surface area (Å²) in [6, 6.07) is 1.70. The smallest absolute Gasteiger partial charge is 0.354 e. The molecule has 2 aromatic heterocycles. The molecule has 0 bridgehead atoms. The van der Waals surface area contributed by atoms with Crippen molar-refractivity contribution in [1.29, 1.82) is 0 Å². The SMILES string of the molecule is CCOC(=O)c1cc(-c2csc(N)n2)c[nH]1. The molecule has 2 heterocycles. The van der Waals surface area contributed by atoms with Crippen molar-refractivity contribution in [2.75, 3.05) is 12.3 Å². The van der Waals surface area contributed by atoms with Crippen LogP contribution in [0.15, 0.2) is 17.6 Å². The topological polar surface area (TPSA) is 81.0 Å². The minimum atomic E-state index is -0.364. The van der Waals surface area contributed by atoms with E-state index in [1.165, 1.54) is 11.3 Å². The van der Waals surface area contributed by atoms with E-state index in [1.807, 2.05) is 5.38 Å². The number of esters is 1. The zero-order chi connectivity index (χ0) is 11.5. The molecule has 0 amide bonds. The molecule has 0 aliphatic carbocycles. The fraction of sp³-hybridized carbons (Fsp3) is 0.200. The first-order valence-corrected chi connectivity index (χ1v) is 5.65. The number of hydrogen-bond acceptors (Lipinski definition) is 5. The molecule has 0 unspecified atom stereocenters. The van der Waals surface area contributed by atoms with Gasteiger partial charge in [-0.1, -0.05) is 0 Å². The third-order valence-electron chi connectivity index (χ3n) is 2.00. The maximum Gasteiger partial charge on any atom is 0.354 e. The van der Waals surface area contributed by atoms with Crippen LogP contribution in [-0.2, 0) is 4.74 Å². The van der Waals surface area contributed by atoms with Crippen molar-refractivity contribution >= 4 is 22.4 Å². The molecule has 0 aliphatic heterocycles. The molecule has 16 heavy (non-hydrogen) atoms. The van der Waals surface area contributed by atoms with Gasteiger partial charge in [-0.15, -0.1) is 11.3 Å². The summed E-state index contributed by atoms with van der Waals surface area (Å²) < 4.78 is 4.87. The number of hydrogen-bond donors (Lipinski definition) is 2. The van der Waals surface area contributed by atoms with Gasteiger partial charge in [0.05, 0.1) is 12.3 Å². The highest BCUT2D eigenvalue weighted by molar-refractivity contribution is 7.13. The number of thiazole rings is 1. The first kappa shape index (κ1) is 10.7. The Labute approximate surface area is 96.3 Å². The average molecular weight is 237 g/mol. The first-order chi connectivity index (χ1) is 7.70. The van der Waals surface area contributed by atoms with Gasteiger partial charge in [0.1, 0.15) is 5.69 Å². The third-order valence-corrected chi connectivity index (χ3v) is 2.67. The number of nitrogen functional groups attached to an aromatic ring is 1. The van der Waals surface area contributed by atoms with E-state index in [4.69, 9.17) is 10.5 Å². The van der Waals surface area contributed by atoms with Crippen LogP contribution in [0.2, 0.25) is 0 Å². The van der Waals surface area contributed by atoms with Gasteiger partial charge in [-0.3, -0.25) is 0 Å². The minimum Gasteiger partial charge on any atom is -0.461 e. The van der Waals surface area contributed by atoms with E-state index in [1.54, 1.807) is 19.2 Å². The molecule has 2 aromatic rings. The Morgan fingerprint density at radius 3 is 3.12 bits per heavy atom. The van der Waals surface area contributed by atoms with Crippen molar-refractivity contribution in [3.63, 3.8) is 0 Å². The van der Waals surface area contributed by atoms with E-state index in [0.717, 1.165) is 11.3 Å². The standard InChI is InChI=1S/C10H11N3O2S/c1-2-15-9(14)7-3-6(4-12-7)8-5-16-10(11)13-8/h3-5,12H,2H2,1H3,(H2,11,13). The molecule has 0 aromatic carbocycles. The molecule has 2 rings (SSSR count). The van der Waals surface area contributed by atoms with Crippen molar-refractivity contribution in [2.45, 2.75) is 6.92 Å². The van der Waals surface area contributed by atoms with Gasteiger partial charge in [0.2, 0.25) is 0 Å². The van der Waals surface area contributed by atoms with Crippen molar-refractivity contribution in [3.05, 3.63) is 23.3 Å². The molecule has 0 radical (unpaired) electrons. The number of aromatic amines is 1. The highest BCUT2D eigenvalue weighted by Crippen LogP contribution is 2.23. The van der Waals surface area contributed by atoms with Gasteiger partial charge in [0.25, 0.3) is 0 Å². The summed E-state index contributed by atoms with van der Waals surface area (Å²) in [5, 5.41) is 2.35. The molecule has 6 heteroatoms. The molecule has 0 spiro atoms. The number of rotatable bonds is 3. The average Bonchev–Trinajstić information content (AvgIpc) is 2.85. The lowest BCUT2D eigenvalue weighted by Gasteiger charge is -1.96. The number of carbonyl (C=O) groups excluding carboxylic acids is 1. The molecule has 5 nitrogen and oxygen atoms in total. The summed E-state index contributed by atoms with van der Waals surface area (Å²) in [5.41, 5.74) is 7.54. The van der Waals surface area contributed by atoms with Crippen LogP contribution < -0.4 is 5.73 Å². The van der Waals surface area contributed by atoms with Crippen molar-refractivity contribution in [2.24, 2.45) is 0 Å². The van der Waals surface area contributed by atoms with Crippen LogP contribution in [0.5, 0.6) is 0 Å². The van der Waals surface area contributed by atoms with Gasteiger partial charge in [-0.2, -0.15) is 0 Å². The maximum atomic E-state index is 11.4. The fourth-order valence-corrected chi connectivity index (χ4v) is 1.86. The molecule has 0 aliphatic rings. The lowest BCUT2D eigenvalue weighted by Crippen LogP contribution is -2.04. The highest BCUT2D eigenvalue weighted by atomic mass is 32.1. The summed E-state index contributed by atoms with van der Waals surface area (Å²) in [6.45, 7) is 2.12. The lowest BCUT2D eigenvalue weighted by molar-refractivity contribution is 0.0520. The van der Waals surface area contributed by atoms with Crippen LogP contribution >= 0.6 is 11.3 Å². The van der Waals surface area contributed by atoms with E-state index < -0.39 is 0 Å². The monoisotopic (exact) mass is 237 g/mol. The second-order valence-corrected chi connectivity index (χ2v) is 3.98. The van der Waals surface area contributed by atoms with E-state index in [-0.39, 0.29) is 5.97 Å². The quantitative estimate of drug-likeness (QED) is 0.799. The fourth-order valence-electron chi connectivity index (χ4n) is 1.29. The highest BCUT2D eigenvalue weighted by Gasteiger charge is 2.11. The second-order valence-electron chi connectivity index (χ2n) is 3.09. The number of aromatic nitrogens is 2. The number of ether oxygens (including phenoxy) is 1. The number of H-pyrrole nitrogens is 1. The first-order valence-electron chi connectivity index (χ1n) is 4.77. The van der Waals surface area contributed by atoms with Crippen LogP contribution in [0.25, 0.3) is 11.3 Å². The van der Waals surface area contributed by atoms with Crippen molar-refractivity contribution in [3.8, 4) is 11.3 Å². The second kappa shape index (κ2) is 4.36. The predicted molar refractivity (Wildman–Crippen MR) is 62.3 cm³/mol. The Bertz CT molecular complexity index is 504. The molecular formula is C10H11N3O2S. The summed E-state index contributed by atoms with van der Waals surface area (Å²) in [6.07, 6.45) is 1.71. The molecule has 3 N–H and O–H groups in total. The van der Waals surface area contributed by atoms with Crippen LogP contribution in [-0.4, -0.2) is 22.5 Å². The Morgan fingerprint density at radius 2 is 2.50 bits per heavy atom. The molecule has 84 valence electrons. The van der Waals surface area contributed by atoms with E-state index >= 15 is 0 Å². The van der Waals surface area contributed by atoms with Gasteiger partial charge in [0.15, 0.2) is 5.13 Å². The van der Waals surface area contributed by atoms with Crippen LogP contribution in [0.4, 0.5) is 5.13 Å². The van der Waals surface area contributed by atoms with Gasteiger partial charge < -0.3 is 15.5 Å². The summed E-state index contributed by atoms with van der Waals surface area (Å²) in [5.74, 6) is -0.364. The van der Waals surface area contributed by atoms with Crippen LogP contribution in [0, 0.1) is 0 Å². The van der Waals surface area contributed by atoms with Crippen molar-refractivity contribution in [1.82, 2.24) is 9.97 Å². The molecule has 0 saturated heterocycles. The Hall–Kier alpha value is -1.82.